The average molecular weight is 562 g/mol. The average Bonchev–Trinajstić information content (AvgIpc) is 2.93. The zero-order valence-electron chi connectivity index (χ0n) is 21.9. The van der Waals surface area contributed by atoms with Gasteiger partial charge in [0.15, 0.2) is 0 Å². The van der Waals surface area contributed by atoms with Gasteiger partial charge < -0.3 is 26.0 Å². The van der Waals surface area contributed by atoms with Gasteiger partial charge in [0.1, 0.15) is 12.4 Å². The summed E-state index contributed by atoms with van der Waals surface area (Å²) in [5.41, 5.74) is 9.16. The fraction of sp³-hybridized carbons (Fsp3) is 0.310. The van der Waals surface area contributed by atoms with E-state index >= 15 is 0 Å². The maximum absolute atomic E-state index is 11.2. The predicted octanol–water partition coefficient (Wildman–Crippen LogP) is 4.74. The number of ether oxygens (including phenoxy) is 1. The molecule has 0 saturated carbocycles. The van der Waals surface area contributed by atoms with Gasteiger partial charge in [-0.15, -0.1) is 0 Å². The molecule has 1 unspecified atom stereocenters. The van der Waals surface area contributed by atoms with Gasteiger partial charge in [0.05, 0.1) is 11.8 Å². The van der Waals surface area contributed by atoms with Crippen molar-refractivity contribution in [3.05, 3.63) is 95.6 Å². The lowest BCUT2D eigenvalue weighted by Gasteiger charge is -2.26. The van der Waals surface area contributed by atoms with E-state index in [1.807, 2.05) is 54.6 Å². The Labute approximate surface area is 231 Å². The molecule has 0 radical (unpaired) electrons. The summed E-state index contributed by atoms with van der Waals surface area (Å²) in [5.74, 6) is -2.20. The molecule has 8 nitrogen and oxygen atoms in total. The lowest BCUT2D eigenvalue weighted by Crippen LogP contribution is -2.29. The van der Waals surface area contributed by atoms with Crippen LogP contribution in [0.15, 0.2) is 78.9 Å². The third-order valence-electron chi connectivity index (χ3n) is 5.69. The predicted molar refractivity (Wildman–Crippen MR) is 146 cm³/mol. The van der Waals surface area contributed by atoms with Gasteiger partial charge >= 0.3 is 12.1 Å². The second kappa shape index (κ2) is 16.9. The minimum atomic E-state index is -5.08. The number of benzene rings is 3. The van der Waals surface area contributed by atoms with Gasteiger partial charge in [-0.25, -0.2) is 4.79 Å². The molecule has 216 valence electrons. The molecule has 1 amide bonds. The van der Waals surface area contributed by atoms with Crippen molar-refractivity contribution in [2.24, 2.45) is 5.73 Å². The Morgan fingerprint density at radius 3 is 2.15 bits per heavy atom. The lowest BCUT2D eigenvalue weighted by atomic mass is 10.1. The molecule has 3 rings (SSSR count). The number of rotatable bonds is 14. The van der Waals surface area contributed by atoms with E-state index in [0.717, 1.165) is 37.1 Å². The van der Waals surface area contributed by atoms with Crippen LogP contribution < -0.4 is 15.8 Å². The molecule has 5 N–H and O–H groups in total. The molecule has 0 saturated heterocycles. The summed E-state index contributed by atoms with van der Waals surface area (Å²) < 4.78 is 37.6. The molecule has 0 aliphatic heterocycles. The summed E-state index contributed by atoms with van der Waals surface area (Å²) in [6.45, 7) is 3.13. The summed E-state index contributed by atoms with van der Waals surface area (Å²) in [4.78, 5) is 22.3. The van der Waals surface area contributed by atoms with Crippen molar-refractivity contribution >= 4 is 18.1 Å². The Kier molecular flexibility index (Phi) is 13.6. The van der Waals surface area contributed by atoms with E-state index < -0.39 is 18.2 Å². The van der Waals surface area contributed by atoms with Crippen LogP contribution in [0.1, 0.15) is 35.6 Å². The number of halogens is 3. The third-order valence-corrected chi connectivity index (χ3v) is 5.69. The Morgan fingerprint density at radius 2 is 1.60 bits per heavy atom. The molecular weight excluding hydrogens is 527 g/mol. The van der Waals surface area contributed by atoms with Crippen LogP contribution in [0.4, 0.5) is 18.9 Å². The van der Waals surface area contributed by atoms with Crippen LogP contribution in [0.5, 0.6) is 5.75 Å². The number of hydrogen-bond donors (Lipinski definition) is 4. The first-order valence-electron chi connectivity index (χ1n) is 12.6. The van der Waals surface area contributed by atoms with Crippen molar-refractivity contribution < 1.29 is 37.7 Å². The number of alkyl halides is 3. The number of amides is 1. The topological polar surface area (TPSA) is 125 Å². The highest BCUT2D eigenvalue weighted by Crippen LogP contribution is 2.29. The van der Waals surface area contributed by atoms with E-state index in [4.69, 9.17) is 20.4 Å². The normalized spacial score (nSPS) is 11.8. The number of nitrogens with two attached hydrogens (primary N) is 1. The number of aliphatic hydroxyl groups is 1. The lowest BCUT2D eigenvalue weighted by molar-refractivity contribution is -0.192. The molecule has 0 aromatic heterocycles. The van der Waals surface area contributed by atoms with Crippen LogP contribution >= 0.6 is 0 Å². The Bertz CT molecular complexity index is 1160. The molecule has 11 heteroatoms. The van der Waals surface area contributed by atoms with Crippen LogP contribution in [0.25, 0.3) is 0 Å². The number of anilines is 1. The number of unbranched alkanes of at least 4 members (excludes halogenated alkanes) is 1. The number of carbonyl (C=O) groups excluding carboxylic acids is 1. The number of nitrogens with one attached hydrogen (secondary N) is 1. The summed E-state index contributed by atoms with van der Waals surface area (Å²) >= 11 is 0. The van der Waals surface area contributed by atoms with Gasteiger partial charge in [0.2, 0.25) is 6.41 Å². The van der Waals surface area contributed by atoms with Crippen molar-refractivity contribution in [3.8, 4) is 5.75 Å². The molecule has 0 aliphatic rings. The first-order chi connectivity index (χ1) is 19.1. The Morgan fingerprint density at radius 1 is 1.00 bits per heavy atom. The smallest absolute Gasteiger partial charge is 0.487 e. The Hall–Kier alpha value is -3.93. The zero-order chi connectivity index (χ0) is 29.4. The van der Waals surface area contributed by atoms with Crippen LogP contribution in [0.2, 0.25) is 0 Å². The summed E-state index contributed by atoms with van der Waals surface area (Å²) in [6, 6.07) is 25.5. The number of nitrogens with zero attached hydrogens (tertiary/aromatic N) is 1. The van der Waals surface area contributed by atoms with E-state index in [-0.39, 0.29) is 0 Å². The fourth-order valence-electron chi connectivity index (χ4n) is 3.70. The molecule has 0 bridgehead atoms. The number of carboxylic acid groups (broad SMARTS) is 1. The second-order valence-corrected chi connectivity index (χ2v) is 8.83. The fourth-order valence-corrected chi connectivity index (χ4v) is 3.70. The zero-order valence-corrected chi connectivity index (χ0v) is 21.9. The van der Waals surface area contributed by atoms with E-state index in [1.54, 1.807) is 12.1 Å². The van der Waals surface area contributed by atoms with E-state index in [9.17, 15) is 23.1 Å². The van der Waals surface area contributed by atoms with Gasteiger partial charge in [0, 0.05) is 13.1 Å². The molecular formula is C29H34F3N3O5. The first-order valence-corrected chi connectivity index (χ1v) is 12.6. The van der Waals surface area contributed by atoms with Crippen LogP contribution in [-0.2, 0) is 22.7 Å². The standard InChI is InChI=1S/C27H33N3O3.C2HF3O2/c28-15-7-8-16-30(18-22-9-3-1-4-10-22)19-26(32)24-13-14-27(25(17-24)29-21-31)33-20-23-11-5-2-6-12-23;3-2(4,5)1(6)7/h1-6,9-14,17,21,26,32H,7-8,15-16,18-20,28H2,(H,29,31);(H,6,7). The molecule has 0 aliphatic carbocycles. The monoisotopic (exact) mass is 561 g/mol. The maximum Gasteiger partial charge on any atom is 0.490 e. The van der Waals surface area contributed by atoms with Gasteiger partial charge in [-0.1, -0.05) is 66.7 Å². The van der Waals surface area contributed by atoms with Gasteiger partial charge in [-0.3, -0.25) is 9.69 Å². The molecule has 40 heavy (non-hydrogen) atoms. The number of hydrogen-bond acceptors (Lipinski definition) is 6. The highest BCUT2D eigenvalue weighted by atomic mass is 19.4. The molecule has 0 spiro atoms. The van der Waals surface area contributed by atoms with E-state index in [2.05, 4.69) is 22.3 Å². The summed E-state index contributed by atoms with van der Waals surface area (Å²) in [5, 5.41) is 20.8. The second-order valence-electron chi connectivity index (χ2n) is 8.83. The largest absolute Gasteiger partial charge is 0.490 e. The minimum absolute atomic E-state index is 0.391. The molecule has 0 fully saturated rings. The number of carbonyl (C=O) groups is 2. The van der Waals surface area contributed by atoms with Gasteiger partial charge in [-0.05, 0) is 54.8 Å². The van der Waals surface area contributed by atoms with E-state index in [0.29, 0.717) is 37.5 Å². The minimum Gasteiger partial charge on any atom is -0.487 e. The first kappa shape index (κ1) is 32.3. The van der Waals surface area contributed by atoms with Crippen molar-refractivity contribution in [3.63, 3.8) is 0 Å². The van der Waals surface area contributed by atoms with Crippen LogP contribution in [0.3, 0.4) is 0 Å². The SMILES string of the molecule is NCCCCN(Cc1ccccc1)CC(O)c1ccc(OCc2ccccc2)c(NC=O)c1.O=C(O)C(F)(F)F. The van der Waals surface area contributed by atoms with Crippen molar-refractivity contribution in [2.45, 2.75) is 38.3 Å². The number of carboxylic acids is 1. The van der Waals surface area contributed by atoms with Crippen molar-refractivity contribution in [1.82, 2.24) is 4.90 Å². The van der Waals surface area contributed by atoms with Crippen LogP contribution in [0, 0.1) is 0 Å². The quantitative estimate of drug-likeness (QED) is 0.166. The van der Waals surface area contributed by atoms with Gasteiger partial charge in [0.25, 0.3) is 0 Å². The van der Waals surface area contributed by atoms with E-state index in [1.165, 1.54) is 5.56 Å². The maximum atomic E-state index is 11.2. The summed E-state index contributed by atoms with van der Waals surface area (Å²) in [7, 11) is 0. The van der Waals surface area contributed by atoms with Crippen LogP contribution in [-0.4, -0.2) is 53.3 Å². The highest BCUT2D eigenvalue weighted by Gasteiger charge is 2.38. The summed E-state index contributed by atoms with van der Waals surface area (Å²) in [6.07, 6.45) is -3.25. The molecule has 3 aromatic carbocycles. The van der Waals surface area contributed by atoms with Crippen molar-refractivity contribution in [2.75, 3.05) is 25.0 Å². The van der Waals surface area contributed by atoms with Crippen molar-refractivity contribution in [1.29, 1.82) is 0 Å². The van der Waals surface area contributed by atoms with Gasteiger partial charge in [-0.2, -0.15) is 13.2 Å². The molecule has 0 heterocycles. The molecule has 1 atom stereocenters. The third kappa shape index (κ3) is 11.9. The molecule has 3 aromatic rings. The number of aliphatic carboxylic acids is 1. The Balaban J connectivity index is 0.000000708. The highest BCUT2D eigenvalue weighted by molar-refractivity contribution is 5.76. The number of aliphatic hydroxyl groups excluding tert-OH is 1.